The Morgan fingerprint density at radius 3 is 2.39 bits per heavy atom. The fourth-order valence-corrected chi connectivity index (χ4v) is 5.00. The van der Waals surface area contributed by atoms with Gasteiger partial charge in [0.1, 0.15) is 0 Å². The van der Waals surface area contributed by atoms with Gasteiger partial charge in [0.05, 0.1) is 26.9 Å². The highest BCUT2D eigenvalue weighted by molar-refractivity contribution is 7.92. The topological polar surface area (TPSA) is 67.9 Å². The minimum Gasteiger partial charge on any atom is -0.454 e. The molecule has 1 N–H and O–H groups in total. The van der Waals surface area contributed by atoms with Gasteiger partial charge in [0.2, 0.25) is 6.79 Å². The van der Waals surface area contributed by atoms with E-state index in [9.17, 15) is 21.6 Å². The second-order valence-corrected chi connectivity index (χ2v) is 9.75. The number of hydrogen-bond acceptors (Lipinski definition) is 5. The Bertz CT molecular complexity index is 1330. The van der Waals surface area contributed by atoms with E-state index >= 15 is 0 Å². The lowest BCUT2D eigenvalue weighted by molar-refractivity contribution is -0.139. The Labute approximate surface area is 197 Å². The summed E-state index contributed by atoms with van der Waals surface area (Å²) in [5.74, 6) is 0.710. The minimum absolute atomic E-state index is 0.00349. The van der Waals surface area contributed by atoms with Gasteiger partial charge in [-0.25, -0.2) is 8.42 Å². The van der Waals surface area contributed by atoms with Crippen LogP contribution in [0, 0.1) is 0 Å². The van der Waals surface area contributed by atoms with Crippen molar-refractivity contribution in [2.24, 2.45) is 0 Å². The summed E-state index contributed by atoms with van der Waals surface area (Å²) in [5.41, 5.74) is -0.911. The van der Waals surface area contributed by atoms with Gasteiger partial charge in [0.25, 0.3) is 10.0 Å². The molecule has 0 saturated carbocycles. The molecule has 0 unspecified atom stereocenters. The third kappa shape index (κ3) is 4.64. The number of sulfonamides is 1. The van der Waals surface area contributed by atoms with Gasteiger partial charge in [0, 0.05) is 23.8 Å². The highest BCUT2D eigenvalue weighted by atomic mass is 35.5. The van der Waals surface area contributed by atoms with Crippen LogP contribution in [0.2, 0.25) is 10.0 Å². The van der Waals surface area contributed by atoms with Crippen LogP contribution in [0.4, 0.5) is 30.2 Å². The van der Waals surface area contributed by atoms with E-state index in [2.05, 4.69) is 5.32 Å². The predicted molar refractivity (Wildman–Crippen MR) is 119 cm³/mol. The molecule has 0 amide bonds. The predicted octanol–water partition coefficient (Wildman–Crippen LogP) is 6.31. The molecular formula is C21H15Cl2F3N2O4S. The fraction of sp³-hybridized carbons (Fsp3) is 0.143. The lowest BCUT2D eigenvalue weighted by Crippen LogP contribution is -2.28. The van der Waals surface area contributed by atoms with Crippen molar-refractivity contribution in [3.05, 3.63) is 70.2 Å². The molecule has 0 saturated heterocycles. The van der Waals surface area contributed by atoms with Gasteiger partial charge in [-0.05, 0) is 48.5 Å². The molecule has 0 spiro atoms. The zero-order chi connectivity index (χ0) is 24.0. The van der Waals surface area contributed by atoms with Crippen LogP contribution in [0.15, 0.2) is 59.5 Å². The maximum absolute atomic E-state index is 13.9. The van der Waals surface area contributed by atoms with Crippen LogP contribution >= 0.6 is 23.2 Å². The highest BCUT2D eigenvalue weighted by Gasteiger charge is 2.39. The first-order chi connectivity index (χ1) is 15.5. The second-order valence-electron chi connectivity index (χ2n) is 6.97. The number of fused-ring (bicyclic) bond motifs is 1. The molecule has 33 heavy (non-hydrogen) atoms. The molecule has 1 aliphatic rings. The summed E-state index contributed by atoms with van der Waals surface area (Å²) in [7, 11) is -3.42. The van der Waals surface area contributed by atoms with Crippen molar-refractivity contribution in [2.75, 3.05) is 23.5 Å². The lowest BCUT2D eigenvalue weighted by Gasteiger charge is -2.23. The summed E-state index contributed by atoms with van der Waals surface area (Å²) in [6.45, 7) is -0.0282. The number of nitrogens with zero attached hydrogens (tertiary/aromatic N) is 1. The average Bonchev–Trinajstić information content (AvgIpc) is 3.22. The zero-order valence-electron chi connectivity index (χ0n) is 16.8. The normalized spacial score (nSPS) is 13.2. The number of ether oxygens (including phenoxy) is 2. The van der Waals surface area contributed by atoms with Crippen LogP contribution in [0.1, 0.15) is 5.56 Å². The molecule has 174 valence electrons. The van der Waals surface area contributed by atoms with Gasteiger partial charge in [-0.1, -0.05) is 23.2 Å². The van der Waals surface area contributed by atoms with Crippen molar-refractivity contribution in [3.63, 3.8) is 0 Å². The molecule has 12 heteroatoms. The average molecular weight is 519 g/mol. The van der Waals surface area contributed by atoms with Gasteiger partial charge in [-0.15, -0.1) is 0 Å². The maximum Gasteiger partial charge on any atom is 0.417 e. The molecule has 0 fully saturated rings. The smallest absolute Gasteiger partial charge is 0.417 e. The Hall–Kier alpha value is -2.82. The van der Waals surface area contributed by atoms with Crippen LogP contribution in [0.3, 0.4) is 0 Å². The van der Waals surface area contributed by atoms with E-state index in [4.69, 9.17) is 32.7 Å². The Morgan fingerprint density at radius 1 is 0.970 bits per heavy atom. The van der Waals surface area contributed by atoms with E-state index in [-0.39, 0.29) is 23.2 Å². The van der Waals surface area contributed by atoms with Gasteiger partial charge >= 0.3 is 6.18 Å². The zero-order valence-corrected chi connectivity index (χ0v) is 19.1. The van der Waals surface area contributed by atoms with Crippen molar-refractivity contribution in [1.29, 1.82) is 0 Å². The van der Waals surface area contributed by atoms with Gasteiger partial charge in [-0.3, -0.25) is 4.31 Å². The van der Waals surface area contributed by atoms with E-state index in [0.717, 1.165) is 17.4 Å². The van der Waals surface area contributed by atoms with E-state index in [1.54, 1.807) is 0 Å². The molecule has 0 radical (unpaired) electrons. The summed E-state index contributed by atoms with van der Waals surface area (Å²) in [6, 6.07) is 11.5. The SMILES string of the molecule is CN(c1ccc2c(c1)OCO2)S(=O)(=O)c1ccc(Nc2ccc(Cl)cc2Cl)cc1C(F)(F)F. The number of halogens is 5. The first kappa shape index (κ1) is 23.3. The summed E-state index contributed by atoms with van der Waals surface area (Å²) in [4.78, 5) is -0.900. The van der Waals surface area contributed by atoms with E-state index in [0.29, 0.717) is 28.3 Å². The quantitative estimate of drug-likeness (QED) is 0.428. The van der Waals surface area contributed by atoms with Crippen LogP contribution in [-0.2, 0) is 16.2 Å². The van der Waals surface area contributed by atoms with Gasteiger partial charge in [0.15, 0.2) is 11.5 Å². The van der Waals surface area contributed by atoms with Crippen molar-refractivity contribution >= 4 is 50.3 Å². The third-order valence-corrected chi connectivity index (χ3v) is 7.24. The molecule has 0 bridgehead atoms. The lowest BCUT2D eigenvalue weighted by atomic mass is 10.2. The fourth-order valence-electron chi connectivity index (χ4n) is 3.17. The number of hydrogen-bond donors (Lipinski definition) is 1. The molecule has 1 heterocycles. The first-order valence-corrected chi connectivity index (χ1v) is 11.5. The Kier molecular flexibility index (Phi) is 6.02. The first-order valence-electron chi connectivity index (χ1n) is 9.29. The number of anilines is 3. The Balaban J connectivity index is 1.73. The van der Waals surface area contributed by atoms with Crippen LogP contribution in [0.25, 0.3) is 0 Å². The van der Waals surface area contributed by atoms with E-state index < -0.39 is 26.7 Å². The number of rotatable bonds is 5. The molecule has 3 aromatic carbocycles. The van der Waals surface area contributed by atoms with Crippen molar-refractivity contribution in [1.82, 2.24) is 0 Å². The summed E-state index contributed by atoms with van der Waals surface area (Å²) < 4.78 is 79.1. The number of nitrogens with one attached hydrogen (secondary N) is 1. The summed E-state index contributed by atoms with van der Waals surface area (Å²) in [6.07, 6.45) is -4.94. The summed E-state index contributed by atoms with van der Waals surface area (Å²) >= 11 is 11.9. The molecule has 0 atom stereocenters. The molecular weight excluding hydrogens is 504 g/mol. The largest absolute Gasteiger partial charge is 0.454 e. The van der Waals surface area contributed by atoms with Gasteiger partial charge < -0.3 is 14.8 Å². The minimum atomic E-state index is -4.94. The molecule has 0 aromatic heterocycles. The van der Waals surface area contributed by atoms with Crippen LogP contribution in [-0.4, -0.2) is 22.3 Å². The highest BCUT2D eigenvalue weighted by Crippen LogP contribution is 2.40. The number of benzene rings is 3. The molecule has 0 aliphatic carbocycles. The molecule has 4 rings (SSSR count). The standard InChI is InChI=1S/C21H15Cl2F3N2O4S/c1-28(14-4-6-18-19(10-14)32-11-31-18)33(29,30)20-7-3-13(9-15(20)21(24,25)26)27-17-5-2-12(22)8-16(17)23/h2-10,27H,11H2,1H3. The maximum atomic E-state index is 13.9. The van der Waals surface area contributed by atoms with Crippen LogP contribution < -0.4 is 19.1 Å². The number of alkyl halides is 3. The van der Waals surface area contributed by atoms with Crippen molar-refractivity contribution < 1.29 is 31.1 Å². The monoisotopic (exact) mass is 518 g/mol. The van der Waals surface area contributed by atoms with Crippen LogP contribution in [0.5, 0.6) is 11.5 Å². The third-order valence-electron chi connectivity index (χ3n) is 4.85. The van der Waals surface area contributed by atoms with E-state index in [1.807, 2.05) is 0 Å². The second kappa shape index (κ2) is 8.51. The Morgan fingerprint density at radius 2 is 1.70 bits per heavy atom. The summed E-state index contributed by atoms with van der Waals surface area (Å²) in [5, 5.41) is 3.30. The van der Waals surface area contributed by atoms with Crippen molar-refractivity contribution in [2.45, 2.75) is 11.1 Å². The molecule has 6 nitrogen and oxygen atoms in total. The molecule has 1 aliphatic heterocycles. The van der Waals surface area contributed by atoms with Gasteiger partial charge in [-0.2, -0.15) is 13.2 Å². The van der Waals surface area contributed by atoms with E-state index in [1.165, 1.54) is 42.5 Å². The molecule has 3 aromatic rings. The van der Waals surface area contributed by atoms with Crippen molar-refractivity contribution in [3.8, 4) is 11.5 Å².